The Morgan fingerprint density at radius 3 is 2.71 bits per heavy atom. The zero-order valence-corrected chi connectivity index (χ0v) is 7.72. The minimum Gasteiger partial charge on any atom is -0.443 e. The van der Waals surface area contributed by atoms with Gasteiger partial charge >= 0.3 is 6.09 Å². The van der Waals surface area contributed by atoms with Crippen LogP contribution in [0.4, 0.5) is 10.5 Å². The highest BCUT2D eigenvalue weighted by atomic mass is 16.6. The molecule has 1 saturated heterocycles. The Morgan fingerprint density at radius 2 is 2.14 bits per heavy atom. The number of hydrogen-bond donors (Lipinski definition) is 1. The van der Waals surface area contributed by atoms with Crippen molar-refractivity contribution in [1.29, 1.82) is 0 Å². The molecule has 1 aromatic carbocycles. The molecule has 1 atom stereocenters. The number of nitrogens with two attached hydrogens (primary N) is 1. The molecule has 1 fully saturated rings. The third kappa shape index (κ3) is 1.56. The van der Waals surface area contributed by atoms with Crippen molar-refractivity contribution in [3.8, 4) is 0 Å². The smallest absolute Gasteiger partial charge is 0.414 e. The quantitative estimate of drug-likeness (QED) is 0.759. The molecule has 2 rings (SSSR count). The summed E-state index contributed by atoms with van der Waals surface area (Å²) in [5.41, 5.74) is 6.29. The minimum atomic E-state index is -0.313. The number of para-hydroxylation sites is 1. The van der Waals surface area contributed by atoms with Gasteiger partial charge in [0, 0.05) is 12.2 Å². The van der Waals surface area contributed by atoms with E-state index < -0.39 is 0 Å². The molecule has 0 bridgehead atoms. The molecule has 0 radical (unpaired) electrons. The van der Waals surface area contributed by atoms with Gasteiger partial charge in [0.1, 0.15) is 6.10 Å². The Morgan fingerprint density at radius 1 is 1.43 bits per heavy atom. The zero-order valence-electron chi connectivity index (χ0n) is 7.72. The Balaban J connectivity index is 2.17. The molecule has 1 unspecified atom stereocenters. The van der Waals surface area contributed by atoms with Gasteiger partial charge in [-0.15, -0.1) is 0 Å². The van der Waals surface area contributed by atoms with Crippen molar-refractivity contribution in [1.82, 2.24) is 0 Å². The van der Waals surface area contributed by atoms with Crippen molar-refractivity contribution in [3.63, 3.8) is 0 Å². The second-order valence-electron chi connectivity index (χ2n) is 3.19. The number of hydrogen-bond acceptors (Lipinski definition) is 3. The van der Waals surface area contributed by atoms with Gasteiger partial charge in [0.25, 0.3) is 0 Å². The second kappa shape index (κ2) is 3.67. The van der Waals surface area contributed by atoms with Crippen molar-refractivity contribution < 1.29 is 9.53 Å². The predicted molar refractivity (Wildman–Crippen MR) is 53.1 cm³/mol. The van der Waals surface area contributed by atoms with Gasteiger partial charge in [0.2, 0.25) is 0 Å². The minimum absolute atomic E-state index is 0.178. The topological polar surface area (TPSA) is 55.6 Å². The average molecular weight is 192 g/mol. The molecule has 1 aliphatic heterocycles. The zero-order chi connectivity index (χ0) is 9.97. The standard InChI is InChI=1S/C10H12N2O2/c11-6-9-7-12(10(13)14-9)8-4-2-1-3-5-8/h1-5,9H,6-7,11H2. The van der Waals surface area contributed by atoms with Crippen LogP contribution < -0.4 is 10.6 Å². The number of nitrogens with zero attached hydrogens (tertiary/aromatic N) is 1. The number of ether oxygens (including phenoxy) is 1. The van der Waals surface area contributed by atoms with E-state index in [9.17, 15) is 4.79 Å². The molecule has 1 amide bonds. The van der Waals surface area contributed by atoms with Gasteiger partial charge < -0.3 is 10.5 Å². The van der Waals surface area contributed by atoms with Gasteiger partial charge in [0.05, 0.1) is 6.54 Å². The first-order chi connectivity index (χ1) is 6.81. The Hall–Kier alpha value is -1.55. The molecule has 1 heterocycles. The molecule has 0 aliphatic carbocycles. The summed E-state index contributed by atoms with van der Waals surface area (Å²) in [6.07, 6.45) is -0.491. The molecule has 0 spiro atoms. The lowest BCUT2D eigenvalue weighted by molar-refractivity contribution is 0.145. The summed E-state index contributed by atoms with van der Waals surface area (Å²) >= 11 is 0. The van der Waals surface area contributed by atoms with Crippen molar-refractivity contribution in [2.45, 2.75) is 6.10 Å². The number of anilines is 1. The van der Waals surface area contributed by atoms with Gasteiger partial charge in [-0.3, -0.25) is 4.90 Å². The fourth-order valence-corrected chi connectivity index (χ4v) is 1.46. The molecule has 2 N–H and O–H groups in total. The predicted octanol–water partition coefficient (Wildman–Crippen LogP) is 0.970. The average Bonchev–Trinajstić information content (AvgIpc) is 2.61. The number of benzene rings is 1. The molecule has 0 saturated carbocycles. The lowest BCUT2D eigenvalue weighted by Crippen LogP contribution is -2.27. The van der Waals surface area contributed by atoms with Crippen molar-refractivity contribution in [3.05, 3.63) is 30.3 Å². The summed E-state index contributed by atoms with van der Waals surface area (Å²) in [7, 11) is 0. The van der Waals surface area contributed by atoms with E-state index in [1.54, 1.807) is 4.90 Å². The van der Waals surface area contributed by atoms with E-state index in [1.165, 1.54) is 0 Å². The van der Waals surface area contributed by atoms with Crippen LogP contribution in [0.2, 0.25) is 0 Å². The fraction of sp³-hybridized carbons (Fsp3) is 0.300. The second-order valence-corrected chi connectivity index (χ2v) is 3.19. The highest BCUT2D eigenvalue weighted by molar-refractivity contribution is 5.89. The largest absolute Gasteiger partial charge is 0.443 e. The third-order valence-electron chi connectivity index (χ3n) is 2.20. The molecule has 4 nitrogen and oxygen atoms in total. The van der Waals surface area contributed by atoms with E-state index in [1.807, 2.05) is 30.3 Å². The first-order valence-electron chi connectivity index (χ1n) is 4.54. The molecule has 4 heteroatoms. The number of carbonyl (C=O) groups is 1. The van der Waals surface area contributed by atoms with Gasteiger partial charge in [-0.05, 0) is 12.1 Å². The summed E-state index contributed by atoms with van der Waals surface area (Å²) in [5, 5.41) is 0. The molecule has 0 aromatic heterocycles. The highest BCUT2D eigenvalue weighted by Crippen LogP contribution is 2.20. The SMILES string of the molecule is NCC1CN(c2ccccc2)C(=O)O1. The van der Waals surface area contributed by atoms with Gasteiger partial charge in [-0.2, -0.15) is 0 Å². The maximum Gasteiger partial charge on any atom is 0.414 e. The van der Waals surface area contributed by atoms with Crippen LogP contribution in [0.15, 0.2) is 30.3 Å². The van der Waals surface area contributed by atoms with Crippen molar-refractivity contribution >= 4 is 11.8 Å². The normalized spacial score (nSPS) is 21.1. The van der Waals surface area contributed by atoms with E-state index in [2.05, 4.69) is 0 Å². The van der Waals surface area contributed by atoms with Crippen molar-refractivity contribution in [2.75, 3.05) is 18.0 Å². The summed E-state index contributed by atoms with van der Waals surface area (Å²) < 4.78 is 5.04. The molecule has 1 aliphatic rings. The highest BCUT2D eigenvalue weighted by Gasteiger charge is 2.30. The van der Waals surface area contributed by atoms with Crippen LogP contribution in [-0.4, -0.2) is 25.3 Å². The van der Waals surface area contributed by atoms with Crippen molar-refractivity contribution in [2.24, 2.45) is 5.73 Å². The summed E-state index contributed by atoms with van der Waals surface area (Å²) in [4.78, 5) is 13.0. The molecule has 1 aromatic rings. The van der Waals surface area contributed by atoms with Crippen LogP contribution >= 0.6 is 0 Å². The van der Waals surface area contributed by atoms with E-state index in [4.69, 9.17) is 10.5 Å². The van der Waals surface area contributed by atoms with E-state index in [0.29, 0.717) is 13.1 Å². The first kappa shape index (κ1) is 9.02. The van der Waals surface area contributed by atoms with Crippen LogP contribution in [0.1, 0.15) is 0 Å². The summed E-state index contributed by atoms with van der Waals surface area (Å²) in [6, 6.07) is 9.43. The maximum atomic E-state index is 11.4. The molecular formula is C10H12N2O2. The van der Waals surface area contributed by atoms with Crippen LogP contribution in [0.25, 0.3) is 0 Å². The van der Waals surface area contributed by atoms with E-state index in [0.717, 1.165) is 5.69 Å². The van der Waals surface area contributed by atoms with E-state index >= 15 is 0 Å². The summed E-state index contributed by atoms with van der Waals surface area (Å²) in [5.74, 6) is 0. The van der Waals surface area contributed by atoms with Crippen LogP contribution in [0.3, 0.4) is 0 Å². The van der Waals surface area contributed by atoms with Gasteiger partial charge in [0.15, 0.2) is 0 Å². The van der Waals surface area contributed by atoms with Crippen LogP contribution in [0, 0.1) is 0 Å². The number of amides is 1. The molecular weight excluding hydrogens is 180 g/mol. The lowest BCUT2D eigenvalue weighted by Gasteiger charge is -2.11. The monoisotopic (exact) mass is 192 g/mol. The Labute approximate surface area is 82.3 Å². The number of rotatable bonds is 2. The van der Waals surface area contributed by atoms with E-state index in [-0.39, 0.29) is 12.2 Å². The molecule has 14 heavy (non-hydrogen) atoms. The first-order valence-corrected chi connectivity index (χ1v) is 4.54. The molecule has 74 valence electrons. The maximum absolute atomic E-state index is 11.4. The third-order valence-corrected chi connectivity index (χ3v) is 2.20. The Bertz CT molecular complexity index is 326. The van der Waals surface area contributed by atoms with Gasteiger partial charge in [-0.1, -0.05) is 18.2 Å². The van der Waals surface area contributed by atoms with Crippen LogP contribution in [-0.2, 0) is 4.74 Å². The Kier molecular flexibility index (Phi) is 2.37. The number of carbonyl (C=O) groups excluding carboxylic acids is 1. The number of cyclic esters (lactones) is 1. The lowest BCUT2D eigenvalue weighted by atomic mass is 10.3. The summed E-state index contributed by atoms with van der Waals surface area (Å²) in [6.45, 7) is 0.911. The van der Waals surface area contributed by atoms with Gasteiger partial charge in [-0.25, -0.2) is 4.79 Å². The fourth-order valence-electron chi connectivity index (χ4n) is 1.46. The van der Waals surface area contributed by atoms with Crippen LogP contribution in [0.5, 0.6) is 0 Å².